The fourth-order valence-electron chi connectivity index (χ4n) is 5.41. The van der Waals surface area contributed by atoms with Gasteiger partial charge in [-0.15, -0.1) is 0 Å². The van der Waals surface area contributed by atoms with Crippen LogP contribution in [0.5, 0.6) is 0 Å². The fourth-order valence-corrected chi connectivity index (χ4v) is 9.68. The molecule has 0 atom stereocenters. The summed E-state index contributed by atoms with van der Waals surface area (Å²) in [6.45, 7) is 0. The van der Waals surface area contributed by atoms with E-state index in [-0.39, 0.29) is 7.92 Å². The minimum absolute atomic E-state index is 0.256. The molecule has 0 radical (unpaired) electrons. The SMILES string of the molecule is O=C(NCS(=O)(=O)[O-])c1ccc(-c2ccccc2P(C2CCCCC2)C2CCCCC2)cc1. The minimum Gasteiger partial charge on any atom is -0.747 e. The van der Waals surface area contributed by atoms with E-state index < -0.39 is 21.9 Å². The third-order valence-electron chi connectivity index (χ3n) is 6.99. The maximum absolute atomic E-state index is 12.2. The van der Waals surface area contributed by atoms with E-state index in [4.69, 9.17) is 0 Å². The van der Waals surface area contributed by atoms with Gasteiger partial charge in [0, 0.05) is 5.56 Å². The average molecular weight is 487 g/mol. The molecule has 0 bridgehead atoms. The van der Waals surface area contributed by atoms with Crippen LogP contribution in [-0.4, -0.2) is 36.1 Å². The first kappa shape index (κ1) is 24.4. The lowest BCUT2D eigenvalue weighted by Gasteiger charge is -2.39. The van der Waals surface area contributed by atoms with Gasteiger partial charge in [-0.05, 0) is 65.6 Å². The largest absolute Gasteiger partial charge is 0.747 e. The zero-order chi connectivity index (χ0) is 23.3. The number of nitrogens with one attached hydrogen (secondary N) is 1. The lowest BCUT2D eigenvalue weighted by molar-refractivity contribution is 0.0959. The Labute approximate surface area is 198 Å². The molecule has 0 aliphatic heterocycles. The number of carbonyl (C=O) groups excluding carboxylic acids is 1. The number of hydrogen-bond acceptors (Lipinski definition) is 4. The van der Waals surface area contributed by atoms with Gasteiger partial charge < -0.3 is 9.87 Å². The molecule has 2 saturated carbocycles. The highest BCUT2D eigenvalue weighted by Crippen LogP contribution is 2.56. The lowest BCUT2D eigenvalue weighted by Crippen LogP contribution is -2.29. The molecule has 2 aromatic carbocycles. The summed E-state index contributed by atoms with van der Waals surface area (Å²) in [5, 5.41) is 3.68. The maximum atomic E-state index is 12.2. The molecule has 2 aliphatic carbocycles. The standard InChI is InChI=1S/C26H34NO4PS/c28-26(27-19-33(29,30)31)21-17-15-20(16-18-21)24-13-7-8-14-25(24)32(22-9-3-1-4-10-22)23-11-5-2-6-12-23/h7-8,13-18,22-23H,1-6,9-12,19H2,(H,27,28)(H,29,30,31)/p-1. The van der Waals surface area contributed by atoms with E-state index >= 15 is 0 Å². The number of amides is 1. The predicted octanol–water partition coefficient (Wildman–Crippen LogP) is 5.36. The molecule has 0 spiro atoms. The van der Waals surface area contributed by atoms with Crippen molar-refractivity contribution >= 4 is 29.3 Å². The second-order valence-corrected chi connectivity index (χ2v) is 13.5. The summed E-state index contributed by atoms with van der Waals surface area (Å²) in [6.07, 6.45) is 13.5. The van der Waals surface area contributed by atoms with Gasteiger partial charge in [0.15, 0.2) is 0 Å². The number of hydrogen-bond donors (Lipinski definition) is 1. The first-order chi connectivity index (χ1) is 15.9. The molecule has 33 heavy (non-hydrogen) atoms. The minimum atomic E-state index is -4.49. The van der Waals surface area contributed by atoms with Crippen molar-refractivity contribution in [2.75, 3.05) is 5.88 Å². The topological polar surface area (TPSA) is 86.3 Å². The molecule has 178 valence electrons. The normalized spacial score (nSPS) is 18.4. The van der Waals surface area contributed by atoms with E-state index in [1.54, 1.807) is 12.1 Å². The van der Waals surface area contributed by atoms with Crippen molar-refractivity contribution in [2.45, 2.75) is 75.5 Å². The second-order valence-electron chi connectivity index (χ2n) is 9.29. The molecular formula is C26H33NO4PS-. The van der Waals surface area contributed by atoms with Crippen LogP contribution in [0.15, 0.2) is 48.5 Å². The van der Waals surface area contributed by atoms with E-state index in [0.29, 0.717) is 5.56 Å². The van der Waals surface area contributed by atoms with Crippen LogP contribution in [0.3, 0.4) is 0 Å². The summed E-state index contributed by atoms with van der Waals surface area (Å²) in [6, 6.07) is 16.1. The van der Waals surface area contributed by atoms with Crippen LogP contribution in [0.1, 0.15) is 74.6 Å². The first-order valence-electron chi connectivity index (χ1n) is 12.1. The van der Waals surface area contributed by atoms with Crippen LogP contribution >= 0.6 is 7.92 Å². The van der Waals surface area contributed by atoms with Gasteiger partial charge in [0.1, 0.15) is 16.0 Å². The molecule has 1 N–H and O–H groups in total. The van der Waals surface area contributed by atoms with Crippen LogP contribution in [-0.2, 0) is 10.1 Å². The molecular weight excluding hydrogens is 453 g/mol. The summed E-state index contributed by atoms with van der Waals surface area (Å²) < 4.78 is 32.4. The summed E-state index contributed by atoms with van der Waals surface area (Å²) in [4.78, 5) is 12.2. The van der Waals surface area contributed by atoms with Gasteiger partial charge in [0.25, 0.3) is 5.91 Å². The first-order valence-corrected chi connectivity index (χ1v) is 15.2. The van der Waals surface area contributed by atoms with Gasteiger partial charge in [-0.2, -0.15) is 0 Å². The smallest absolute Gasteiger partial charge is 0.252 e. The van der Waals surface area contributed by atoms with Gasteiger partial charge in [-0.3, -0.25) is 4.79 Å². The molecule has 0 saturated heterocycles. The highest BCUT2D eigenvalue weighted by atomic mass is 32.2. The van der Waals surface area contributed by atoms with Crippen molar-refractivity contribution < 1.29 is 17.8 Å². The zero-order valence-electron chi connectivity index (χ0n) is 19.0. The Morgan fingerprint density at radius 2 is 1.39 bits per heavy atom. The van der Waals surface area contributed by atoms with Gasteiger partial charge in [-0.1, -0.05) is 82.8 Å². The molecule has 1 amide bonds. The zero-order valence-corrected chi connectivity index (χ0v) is 20.8. The monoisotopic (exact) mass is 486 g/mol. The van der Waals surface area contributed by atoms with Crippen molar-refractivity contribution in [2.24, 2.45) is 0 Å². The lowest BCUT2D eigenvalue weighted by atomic mass is 9.99. The molecule has 2 aliphatic rings. The van der Waals surface area contributed by atoms with Gasteiger partial charge >= 0.3 is 0 Å². The van der Waals surface area contributed by atoms with Crippen LogP contribution in [0.2, 0.25) is 0 Å². The Morgan fingerprint density at radius 1 is 0.848 bits per heavy atom. The van der Waals surface area contributed by atoms with E-state index in [9.17, 15) is 17.8 Å². The molecule has 4 rings (SSSR count). The predicted molar refractivity (Wildman–Crippen MR) is 134 cm³/mol. The summed E-state index contributed by atoms with van der Waals surface area (Å²) in [5.41, 5.74) is 4.29. The molecule has 0 aromatic heterocycles. The quantitative estimate of drug-likeness (QED) is 0.422. The number of rotatable bonds is 7. The number of carbonyl (C=O) groups is 1. The maximum Gasteiger partial charge on any atom is 0.252 e. The van der Waals surface area contributed by atoms with E-state index in [1.807, 2.05) is 12.1 Å². The van der Waals surface area contributed by atoms with Crippen molar-refractivity contribution in [3.05, 3.63) is 54.1 Å². The third-order valence-corrected chi connectivity index (χ3v) is 11.0. The van der Waals surface area contributed by atoms with Crippen LogP contribution < -0.4 is 10.6 Å². The van der Waals surface area contributed by atoms with E-state index in [2.05, 4.69) is 29.6 Å². The molecule has 7 heteroatoms. The molecule has 2 fully saturated rings. The fraction of sp³-hybridized carbons (Fsp3) is 0.500. The average Bonchev–Trinajstić information content (AvgIpc) is 2.84. The molecule has 5 nitrogen and oxygen atoms in total. The van der Waals surface area contributed by atoms with Gasteiger partial charge in [0.2, 0.25) is 0 Å². The summed E-state index contributed by atoms with van der Waals surface area (Å²) in [7, 11) is -4.75. The van der Waals surface area contributed by atoms with Crippen molar-refractivity contribution in [3.63, 3.8) is 0 Å². The van der Waals surface area contributed by atoms with Crippen molar-refractivity contribution in [1.82, 2.24) is 5.32 Å². The molecule has 2 aromatic rings. The van der Waals surface area contributed by atoms with Crippen LogP contribution in [0, 0.1) is 0 Å². The summed E-state index contributed by atoms with van der Waals surface area (Å²) in [5.74, 6) is -1.45. The Kier molecular flexibility index (Phi) is 8.21. The highest BCUT2D eigenvalue weighted by molar-refractivity contribution is 7.85. The Bertz CT molecular complexity index is 1020. The Morgan fingerprint density at radius 3 is 1.94 bits per heavy atom. The van der Waals surface area contributed by atoms with E-state index in [0.717, 1.165) is 16.9 Å². The third kappa shape index (κ3) is 6.44. The van der Waals surface area contributed by atoms with Crippen LogP contribution in [0.4, 0.5) is 0 Å². The van der Waals surface area contributed by atoms with Crippen molar-refractivity contribution in [1.29, 1.82) is 0 Å². The van der Waals surface area contributed by atoms with Crippen LogP contribution in [0.25, 0.3) is 11.1 Å². The van der Waals surface area contributed by atoms with Gasteiger partial charge in [0.05, 0.1) is 0 Å². The van der Waals surface area contributed by atoms with Crippen molar-refractivity contribution in [3.8, 4) is 11.1 Å². The second kappa shape index (κ2) is 11.1. The molecule has 0 unspecified atom stereocenters. The number of benzene rings is 2. The highest BCUT2D eigenvalue weighted by Gasteiger charge is 2.33. The summed E-state index contributed by atoms with van der Waals surface area (Å²) >= 11 is 0. The Hall–Kier alpha value is -1.75. The van der Waals surface area contributed by atoms with Gasteiger partial charge in [-0.25, -0.2) is 8.42 Å². The Balaban J connectivity index is 1.62. The molecule has 0 heterocycles. The van der Waals surface area contributed by atoms with E-state index in [1.165, 1.54) is 75.1 Å².